The Hall–Kier alpha value is -0.730. The normalized spacial score (nSPS) is 14.5. The van der Waals surface area contributed by atoms with Gasteiger partial charge in [0.15, 0.2) is 0 Å². The Bertz CT molecular complexity index is 363. The first-order chi connectivity index (χ1) is 8.01. The summed E-state index contributed by atoms with van der Waals surface area (Å²) < 4.78 is 0. The third-order valence-electron chi connectivity index (χ3n) is 3.27. The number of anilines is 1. The molecule has 0 aliphatic carbocycles. The van der Waals surface area contributed by atoms with Crippen molar-refractivity contribution in [3.05, 3.63) is 28.8 Å². The van der Waals surface area contributed by atoms with Gasteiger partial charge in [-0.2, -0.15) is 0 Å². The van der Waals surface area contributed by atoms with Crippen molar-refractivity contribution in [1.29, 1.82) is 0 Å². The van der Waals surface area contributed by atoms with Crippen LogP contribution in [0.1, 0.15) is 45.7 Å². The van der Waals surface area contributed by atoms with Gasteiger partial charge < -0.3 is 10.6 Å². The molecule has 0 aliphatic rings. The summed E-state index contributed by atoms with van der Waals surface area (Å²) in [5, 5.41) is 0.793. The highest BCUT2D eigenvalue weighted by atomic mass is 35.5. The molecule has 17 heavy (non-hydrogen) atoms. The van der Waals surface area contributed by atoms with E-state index in [4.69, 9.17) is 17.3 Å². The maximum atomic E-state index is 6.35. The quantitative estimate of drug-likeness (QED) is 0.861. The van der Waals surface area contributed by atoms with Crippen LogP contribution in [-0.2, 0) is 0 Å². The molecule has 0 fully saturated rings. The summed E-state index contributed by atoms with van der Waals surface area (Å²) in [6.07, 6.45) is 1.11. The van der Waals surface area contributed by atoms with Gasteiger partial charge in [-0.1, -0.05) is 24.6 Å². The average molecular weight is 255 g/mol. The Morgan fingerprint density at radius 2 is 1.94 bits per heavy atom. The molecular weight excluding hydrogens is 232 g/mol. The van der Waals surface area contributed by atoms with E-state index in [9.17, 15) is 0 Å². The van der Waals surface area contributed by atoms with Gasteiger partial charge >= 0.3 is 0 Å². The number of nitrogens with two attached hydrogens (primary N) is 1. The van der Waals surface area contributed by atoms with Crippen molar-refractivity contribution >= 4 is 17.3 Å². The van der Waals surface area contributed by atoms with Crippen LogP contribution < -0.4 is 10.6 Å². The predicted octanol–water partition coefficient (Wildman–Crippen LogP) is 3.98. The molecule has 0 saturated carbocycles. The third-order valence-corrected chi connectivity index (χ3v) is 3.57. The lowest BCUT2D eigenvalue weighted by Crippen LogP contribution is -2.32. The van der Waals surface area contributed by atoms with E-state index in [0.29, 0.717) is 6.04 Å². The van der Waals surface area contributed by atoms with Crippen LogP contribution in [0.4, 0.5) is 5.69 Å². The summed E-state index contributed by atoms with van der Waals surface area (Å²) in [5.41, 5.74) is 8.04. The van der Waals surface area contributed by atoms with Gasteiger partial charge in [0, 0.05) is 18.6 Å². The van der Waals surface area contributed by atoms with Crippen molar-refractivity contribution in [3.8, 4) is 0 Å². The summed E-state index contributed by atoms with van der Waals surface area (Å²) in [6.45, 7) is 9.50. The molecule has 0 radical (unpaired) electrons. The number of hydrogen-bond acceptors (Lipinski definition) is 2. The number of benzene rings is 1. The topological polar surface area (TPSA) is 29.3 Å². The number of nitrogens with zero attached hydrogens (tertiary/aromatic N) is 1. The zero-order valence-electron chi connectivity index (χ0n) is 11.2. The lowest BCUT2D eigenvalue weighted by Gasteiger charge is -2.30. The maximum Gasteiger partial charge on any atom is 0.0642 e. The van der Waals surface area contributed by atoms with Crippen molar-refractivity contribution in [1.82, 2.24) is 0 Å². The molecule has 1 rings (SSSR count). The fourth-order valence-corrected chi connectivity index (χ4v) is 2.28. The minimum absolute atomic E-state index is 0.0280. The first-order valence-corrected chi connectivity index (χ1v) is 6.70. The van der Waals surface area contributed by atoms with E-state index in [1.165, 1.54) is 0 Å². The third kappa shape index (κ3) is 3.36. The first kappa shape index (κ1) is 14.3. The lowest BCUT2D eigenvalue weighted by atomic mass is 10.1. The Labute approximate surface area is 110 Å². The Morgan fingerprint density at radius 3 is 2.35 bits per heavy atom. The van der Waals surface area contributed by atoms with Gasteiger partial charge in [-0.05, 0) is 44.9 Å². The fourth-order valence-electron chi connectivity index (χ4n) is 1.98. The van der Waals surface area contributed by atoms with Crippen molar-refractivity contribution in [2.75, 3.05) is 11.4 Å². The summed E-state index contributed by atoms with van der Waals surface area (Å²) in [5.74, 6) is 0. The van der Waals surface area contributed by atoms with Crippen molar-refractivity contribution in [3.63, 3.8) is 0 Å². The van der Waals surface area contributed by atoms with E-state index in [1.54, 1.807) is 0 Å². The van der Waals surface area contributed by atoms with E-state index in [-0.39, 0.29) is 6.04 Å². The lowest BCUT2D eigenvalue weighted by molar-refractivity contribution is 0.630. The van der Waals surface area contributed by atoms with E-state index in [1.807, 2.05) is 13.0 Å². The molecule has 0 bridgehead atoms. The van der Waals surface area contributed by atoms with Crippen LogP contribution in [0.25, 0.3) is 0 Å². The highest BCUT2D eigenvalue weighted by Gasteiger charge is 2.14. The van der Waals surface area contributed by atoms with Gasteiger partial charge in [0.1, 0.15) is 0 Å². The number of hydrogen-bond donors (Lipinski definition) is 1. The van der Waals surface area contributed by atoms with E-state index in [2.05, 4.69) is 37.8 Å². The molecule has 2 unspecified atom stereocenters. The summed E-state index contributed by atoms with van der Waals surface area (Å²) in [6, 6.07) is 6.65. The van der Waals surface area contributed by atoms with Gasteiger partial charge in [0.25, 0.3) is 0 Å². The first-order valence-electron chi connectivity index (χ1n) is 6.32. The van der Waals surface area contributed by atoms with E-state index in [0.717, 1.165) is 29.2 Å². The second-order valence-corrected chi connectivity index (χ2v) is 4.95. The minimum Gasteiger partial charge on any atom is -0.368 e. The Kier molecular flexibility index (Phi) is 5.29. The molecule has 0 saturated heterocycles. The van der Waals surface area contributed by atoms with Gasteiger partial charge in [-0.25, -0.2) is 0 Å². The van der Waals surface area contributed by atoms with Crippen LogP contribution in [0.5, 0.6) is 0 Å². The van der Waals surface area contributed by atoms with Crippen molar-refractivity contribution in [2.24, 2.45) is 5.73 Å². The van der Waals surface area contributed by atoms with Crippen molar-refractivity contribution < 1.29 is 0 Å². The van der Waals surface area contributed by atoms with Crippen LogP contribution in [0, 0.1) is 0 Å². The zero-order chi connectivity index (χ0) is 13.0. The molecule has 1 aromatic rings. The molecule has 2 nitrogen and oxygen atoms in total. The Morgan fingerprint density at radius 1 is 1.29 bits per heavy atom. The molecule has 0 aliphatic heterocycles. The molecule has 0 aromatic heterocycles. The Balaban J connectivity index is 3.05. The van der Waals surface area contributed by atoms with Gasteiger partial charge in [0.05, 0.1) is 10.7 Å². The van der Waals surface area contributed by atoms with Gasteiger partial charge in [-0.15, -0.1) is 0 Å². The smallest absolute Gasteiger partial charge is 0.0642 e. The number of halogens is 1. The molecular formula is C14H23ClN2. The molecule has 2 N–H and O–H groups in total. The van der Waals surface area contributed by atoms with Crippen LogP contribution >= 0.6 is 11.6 Å². The molecule has 0 amide bonds. The highest BCUT2D eigenvalue weighted by molar-refractivity contribution is 6.33. The largest absolute Gasteiger partial charge is 0.368 e. The second kappa shape index (κ2) is 6.27. The standard InChI is InChI=1S/C14H23ClN2/c1-5-10(3)17(6-2)14-8-7-12(11(4)16)9-13(14)15/h7-11H,5-6,16H2,1-4H3. The fraction of sp³-hybridized carbons (Fsp3) is 0.571. The van der Waals surface area contributed by atoms with Gasteiger partial charge in [0.2, 0.25) is 0 Å². The van der Waals surface area contributed by atoms with Gasteiger partial charge in [-0.3, -0.25) is 0 Å². The van der Waals surface area contributed by atoms with E-state index >= 15 is 0 Å². The van der Waals surface area contributed by atoms with Crippen LogP contribution in [0.3, 0.4) is 0 Å². The summed E-state index contributed by atoms with van der Waals surface area (Å²) in [7, 11) is 0. The molecule has 96 valence electrons. The minimum atomic E-state index is 0.0280. The molecule has 3 heteroatoms. The molecule has 0 heterocycles. The van der Waals surface area contributed by atoms with E-state index < -0.39 is 0 Å². The SMILES string of the molecule is CCC(C)N(CC)c1ccc(C(C)N)cc1Cl. The molecule has 1 aromatic carbocycles. The second-order valence-electron chi connectivity index (χ2n) is 4.54. The monoisotopic (exact) mass is 254 g/mol. The summed E-state index contributed by atoms with van der Waals surface area (Å²) in [4.78, 5) is 2.33. The van der Waals surface area contributed by atoms with Crippen LogP contribution in [0.15, 0.2) is 18.2 Å². The predicted molar refractivity (Wildman–Crippen MR) is 76.8 cm³/mol. The average Bonchev–Trinajstić information content (AvgIpc) is 2.31. The van der Waals surface area contributed by atoms with Crippen molar-refractivity contribution in [2.45, 2.75) is 46.2 Å². The van der Waals surface area contributed by atoms with Crippen LogP contribution in [0.2, 0.25) is 5.02 Å². The molecule has 0 spiro atoms. The zero-order valence-corrected chi connectivity index (χ0v) is 12.0. The maximum absolute atomic E-state index is 6.35. The molecule has 2 atom stereocenters. The highest BCUT2D eigenvalue weighted by Crippen LogP contribution is 2.30. The van der Waals surface area contributed by atoms with Crippen LogP contribution in [-0.4, -0.2) is 12.6 Å². The summed E-state index contributed by atoms with van der Waals surface area (Å²) >= 11 is 6.35. The number of rotatable bonds is 5.